The first kappa shape index (κ1) is 4.59. The lowest BCUT2D eigenvalue weighted by atomic mass is 10.5. The first-order valence-electron chi connectivity index (χ1n) is 1.84. The van der Waals surface area contributed by atoms with Gasteiger partial charge in [-0.3, -0.25) is 4.21 Å². The molecule has 0 saturated heterocycles. The monoisotopic (exact) mass is 115 g/mol. The Morgan fingerprint density at radius 1 is 1.71 bits per heavy atom. The molecule has 0 bridgehead atoms. The van der Waals surface area contributed by atoms with E-state index in [1.807, 2.05) is 0 Å². The summed E-state index contributed by atoms with van der Waals surface area (Å²) in [5, 5.41) is 3.05. The minimum absolute atomic E-state index is 0.596. The van der Waals surface area contributed by atoms with Gasteiger partial charge in [0, 0.05) is 16.5 Å². The van der Waals surface area contributed by atoms with Crippen LogP contribution in [-0.4, -0.2) is 4.21 Å². The Kier molecular flexibility index (Phi) is 0.982. The summed E-state index contributed by atoms with van der Waals surface area (Å²) < 4.78 is 10.3. The summed E-state index contributed by atoms with van der Waals surface area (Å²) in [6, 6.07) is 0. The minimum atomic E-state index is -0.921. The smallest absolute Gasteiger partial charge is 0.0723 e. The van der Waals surface area contributed by atoms with Gasteiger partial charge in [-0.1, -0.05) is 0 Å². The van der Waals surface area contributed by atoms with E-state index in [4.69, 9.17) is 5.73 Å². The van der Waals surface area contributed by atoms with Gasteiger partial charge < -0.3 is 5.73 Å². The lowest BCUT2D eigenvalue weighted by molar-refractivity contribution is 0.693. The maximum absolute atomic E-state index is 10.3. The van der Waals surface area contributed by atoms with E-state index in [1.165, 1.54) is 5.41 Å². The Bertz CT molecular complexity index is 159. The van der Waals surface area contributed by atoms with E-state index < -0.39 is 10.8 Å². The summed E-state index contributed by atoms with van der Waals surface area (Å²) in [5.41, 5.74) is 5.80. The SMILES string of the molecule is NC1=CS(=O)C=C1. The van der Waals surface area contributed by atoms with Crippen molar-refractivity contribution >= 4 is 10.8 Å². The lowest BCUT2D eigenvalue weighted by Crippen LogP contribution is -1.87. The molecule has 0 fully saturated rings. The van der Waals surface area contributed by atoms with Crippen molar-refractivity contribution in [2.75, 3.05) is 0 Å². The molecule has 1 aliphatic heterocycles. The standard InChI is InChI=1S/C4H5NOS/c5-4-1-2-7(6)3-4/h1-3H,5H2. The number of hydrogen-bond acceptors (Lipinski definition) is 2. The molecular weight excluding hydrogens is 110 g/mol. The van der Waals surface area contributed by atoms with Crippen LogP contribution in [0.4, 0.5) is 0 Å². The molecule has 7 heavy (non-hydrogen) atoms. The average molecular weight is 115 g/mol. The first-order chi connectivity index (χ1) is 3.29. The van der Waals surface area contributed by atoms with Gasteiger partial charge >= 0.3 is 0 Å². The van der Waals surface area contributed by atoms with Crippen molar-refractivity contribution in [1.29, 1.82) is 0 Å². The van der Waals surface area contributed by atoms with Crippen LogP contribution >= 0.6 is 0 Å². The highest BCUT2D eigenvalue weighted by atomic mass is 32.2. The average Bonchev–Trinajstić information content (AvgIpc) is 1.87. The molecule has 1 aliphatic rings. The molecule has 0 spiro atoms. The van der Waals surface area contributed by atoms with Gasteiger partial charge in [-0.05, 0) is 6.08 Å². The first-order valence-corrected chi connectivity index (χ1v) is 3.11. The second-order valence-corrected chi connectivity index (χ2v) is 2.41. The number of nitrogens with two attached hydrogens (primary N) is 1. The van der Waals surface area contributed by atoms with Gasteiger partial charge in [0.15, 0.2) is 0 Å². The molecule has 1 rings (SSSR count). The van der Waals surface area contributed by atoms with E-state index in [9.17, 15) is 4.21 Å². The predicted molar refractivity (Wildman–Crippen MR) is 29.6 cm³/mol. The van der Waals surface area contributed by atoms with Crippen molar-refractivity contribution in [3.63, 3.8) is 0 Å². The van der Waals surface area contributed by atoms with E-state index in [0.29, 0.717) is 5.70 Å². The van der Waals surface area contributed by atoms with Gasteiger partial charge in [0.2, 0.25) is 0 Å². The van der Waals surface area contributed by atoms with Gasteiger partial charge in [0.05, 0.1) is 10.8 Å². The molecule has 0 aromatic rings. The molecule has 1 heterocycles. The zero-order valence-corrected chi connectivity index (χ0v) is 4.44. The molecule has 2 N–H and O–H groups in total. The fourth-order valence-electron chi connectivity index (χ4n) is 0.358. The number of allylic oxidation sites excluding steroid dienone is 1. The van der Waals surface area contributed by atoms with Crippen LogP contribution in [-0.2, 0) is 10.8 Å². The van der Waals surface area contributed by atoms with E-state index in [1.54, 1.807) is 11.5 Å². The largest absolute Gasteiger partial charge is 0.398 e. The van der Waals surface area contributed by atoms with Crippen LogP contribution in [0.5, 0.6) is 0 Å². The molecule has 0 saturated carbocycles. The highest BCUT2D eigenvalue weighted by molar-refractivity contribution is 7.91. The third-order valence-electron chi connectivity index (χ3n) is 0.647. The van der Waals surface area contributed by atoms with E-state index in [0.717, 1.165) is 0 Å². The van der Waals surface area contributed by atoms with Crippen LogP contribution < -0.4 is 5.73 Å². The molecule has 0 amide bonds. The second-order valence-electron chi connectivity index (χ2n) is 1.25. The maximum Gasteiger partial charge on any atom is 0.0723 e. The molecule has 0 aromatic carbocycles. The van der Waals surface area contributed by atoms with Gasteiger partial charge in [0.25, 0.3) is 0 Å². The van der Waals surface area contributed by atoms with Crippen molar-refractivity contribution in [3.05, 3.63) is 22.6 Å². The Morgan fingerprint density at radius 2 is 2.43 bits per heavy atom. The second kappa shape index (κ2) is 1.50. The van der Waals surface area contributed by atoms with Crippen molar-refractivity contribution in [2.24, 2.45) is 5.73 Å². The van der Waals surface area contributed by atoms with E-state index >= 15 is 0 Å². The predicted octanol–water partition coefficient (Wildman–Crippen LogP) is 0.0625. The van der Waals surface area contributed by atoms with Crippen LogP contribution in [0.2, 0.25) is 0 Å². The van der Waals surface area contributed by atoms with Crippen molar-refractivity contribution < 1.29 is 4.21 Å². The number of rotatable bonds is 0. The van der Waals surface area contributed by atoms with Crippen molar-refractivity contribution in [2.45, 2.75) is 0 Å². The summed E-state index contributed by atoms with van der Waals surface area (Å²) in [6.07, 6.45) is 1.64. The molecular formula is C4H5NOS. The molecule has 0 aromatic heterocycles. The van der Waals surface area contributed by atoms with E-state index in [2.05, 4.69) is 0 Å². The summed E-state index contributed by atoms with van der Waals surface area (Å²) in [7, 11) is -0.921. The maximum atomic E-state index is 10.3. The molecule has 0 radical (unpaired) electrons. The lowest BCUT2D eigenvalue weighted by Gasteiger charge is -1.74. The highest BCUT2D eigenvalue weighted by Crippen LogP contribution is 2.01. The molecule has 38 valence electrons. The zero-order chi connectivity index (χ0) is 5.28. The van der Waals surface area contributed by atoms with Crippen molar-refractivity contribution in [3.8, 4) is 0 Å². The third kappa shape index (κ3) is 0.899. The van der Waals surface area contributed by atoms with Crippen molar-refractivity contribution in [1.82, 2.24) is 0 Å². The van der Waals surface area contributed by atoms with Crippen LogP contribution in [0, 0.1) is 0 Å². The Labute approximate surface area is 44.2 Å². The highest BCUT2D eigenvalue weighted by Gasteiger charge is 1.95. The third-order valence-corrected chi connectivity index (χ3v) is 1.56. The summed E-state index contributed by atoms with van der Waals surface area (Å²) in [6.45, 7) is 0. The van der Waals surface area contributed by atoms with Crippen LogP contribution in [0.25, 0.3) is 0 Å². The molecule has 1 atom stereocenters. The zero-order valence-electron chi connectivity index (χ0n) is 3.63. The van der Waals surface area contributed by atoms with Gasteiger partial charge in [-0.15, -0.1) is 0 Å². The van der Waals surface area contributed by atoms with Gasteiger partial charge in [-0.2, -0.15) is 0 Å². The Balaban J connectivity index is 2.88. The van der Waals surface area contributed by atoms with Gasteiger partial charge in [0.1, 0.15) is 0 Å². The summed E-state index contributed by atoms with van der Waals surface area (Å²) in [4.78, 5) is 0. The molecule has 0 aliphatic carbocycles. The Morgan fingerprint density at radius 3 is 2.57 bits per heavy atom. The molecule has 2 nitrogen and oxygen atoms in total. The fraction of sp³-hybridized carbons (Fsp3) is 0. The normalized spacial score (nSPS) is 28.0. The fourth-order valence-corrected chi connectivity index (χ4v) is 1.07. The quantitative estimate of drug-likeness (QED) is 0.485. The molecule has 3 heteroatoms. The van der Waals surface area contributed by atoms with Crippen LogP contribution in [0.15, 0.2) is 22.6 Å². The van der Waals surface area contributed by atoms with Crippen LogP contribution in [0.3, 0.4) is 0 Å². The summed E-state index contributed by atoms with van der Waals surface area (Å²) >= 11 is 0. The van der Waals surface area contributed by atoms with Crippen LogP contribution in [0.1, 0.15) is 0 Å². The minimum Gasteiger partial charge on any atom is -0.398 e. The topological polar surface area (TPSA) is 43.1 Å². The van der Waals surface area contributed by atoms with E-state index in [-0.39, 0.29) is 0 Å². The number of hydrogen-bond donors (Lipinski definition) is 1. The Hall–Kier alpha value is -0.570. The van der Waals surface area contributed by atoms with Gasteiger partial charge in [-0.25, -0.2) is 0 Å². The summed E-state index contributed by atoms with van der Waals surface area (Å²) in [5.74, 6) is 0. The molecule has 1 unspecified atom stereocenters.